The van der Waals surface area contributed by atoms with E-state index in [0.29, 0.717) is 0 Å². The molecule has 0 aliphatic carbocycles. The third kappa shape index (κ3) is 2.77. The van der Waals surface area contributed by atoms with E-state index in [4.69, 9.17) is 9.47 Å². The van der Waals surface area contributed by atoms with Crippen LogP contribution in [0, 0.1) is 0 Å². The molecule has 0 bridgehead atoms. The first-order valence-electron chi connectivity index (χ1n) is 4.18. The quantitative estimate of drug-likeness (QED) is 0.654. The van der Waals surface area contributed by atoms with Crippen LogP contribution in [0.4, 0.5) is 0 Å². The highest BCUT2D eigenvalue weighted by molar-refractivity contribution is 4.66. The van der Waals surface area contributed by atoms with Gasteiger partial charge in [0.2, 0.25) is 0 Å². The maximum absolute atomic E-state index is 5.21. The molecule has 0 aromatic heterocycles. The molecule has 1 saturated heterocycles. The van der Waals surface area contributed by atoms with Crippen molar-refractivity contribution in [2.45, 2.75) is 38.1 Å². The highest BCUT2D eigenvalue weighted by Gasteiger charge is 2.17. The predicted octanol–water partition coefficient (Wildman–Crippen LogP) is 1.09. The molecule has 1 N–H and O–H groups in total. The van der Waals surface area contributed by atoms with E-state index in [1.165, 1.54) is 12.8 Å². The first kappa shape index (κ1) is 8.97. The third-order valence-electron chi connectivity index (χ3n) is 2.12. The summed E-state index contributed by atoms with van der Waals surface area (Å²) in [5.41, 5.74) is 0. The molecule has 1 rings (SSSR count). The van der Waals surface area contributed by atoms with Crippen LogP contribution in [0.3, 0.4) is 0 Å². The Kier molecular flexibility index (Phi) is 3.83. The second-order valence-electron chi connectivity index (χ2n) is 2.90. The molecule has 11 heavy (non-hydrogen) atoms. The van der Waals surface area contributed by atoms with Gasteiger partial charge in [-0.15, -0.1) is 0 Å². The highest BCUT2D eigenvalue weighted by Crippen LogP contribution is 2.13. The zero-order chi connectivity index (χ0) is 8.10. The Labute approximate surface area is 68.1 Å². The Morgan fingerprint density at radius 3 is 1.82 bits per heavy atom. The lowest BCUT2D eigenvalue weighted by atomic mass is 10.2. The molecular formula is C8H17NO2. The highest BCUT2D eigenvalue weighted by atomic mass is 16.5. The van der Waals surface area contributed by atoms with E-state index in [0.717, 1.165) is 12.8 Å². The summed E-state index contributed by atoms with van der Waals surface area (Å²) in [4.78, 5) is 0. The van der Waals surface area contributed by atoms with Crippen LogP contribution in [0.5, 0.6) is 0 Å². The molecule has 1 aliphatic heterocycles. The summed E-state index contributed by atoms with van der Waals surface area (Å²) in [5, 5.41) is 3.27. The normalized spacial score (nSPS) is 33.3. The fourth-order valence-electron chi connectivity index (χ4n) is 1.41. The van der Waals surface area contributed by atoms with Crippen LogP contribution in [0.15, 0.2) is 0 Å². The third-order valence-corrected chi connectivity index (χ3v) is 2.12. The molecule has 0 radical (unpaired) electrons. The largest absolute Gasteiger partial charge is 0.367 e. The van der Waals surface area contributed by atoms with E-state index < -0.39 is 0 Å². The van der Waals surface area contributed by atoms with Gasteiger partial charge in [-0.3, -0.25) is 5.32 Å². The van der Waals surface area contributed by atoms with Gasteiger partial charge in [-0.25, -0.2) is 0 Å². The van der Waals surface area contributed by atoms with Crippen molar-refractivity contribution in [3.05, 3.63) is 0 Å². The maximum atomic E-state index is 5.21. The van der Waals surface area contributed by atoms with E-state index in [-0.39, 0.29) is 12.5 Å². The monoisotopic (exact) mass is 159 g/mol. The first-order chi connectivity index (χ1) is 5.36. The van der Waals surface area contributed by atoms with E-state index in [1.807, 2.05) is 0 Å². The minimum atomic E-state index is 0.183. The van der Waals surface area contributed by atoms with Crippen LogP contribution in [0.2, 0.25) is 0 Å². The molecule has 2 unspecified atom stereocenters. The summed E-state index contributed by atoms with van der Waals surface area (Å²) in [6.45, 7) is 0. The smallest absolute Gasteiger partial charge is 0.109 e. The molecule has 1 fully saturated rings. The molecule has 1 aliphatic rings. The van der Waals surface area contributed by atoms with Gasteiger partial charge in [0.1, 0.15) is 12.5 Å². The molecule has 2 atom stereocenters. The molecule has 0 spiro atoms. The van der Waals surface area contributed by atoms with Crippen molar-refractivity contribution in [3.63, 3.8) is 0 Å². The van der Waals surface area contributed by atoms with Gasteiger partial charge in [0.05, 0.1) is 0 Å². The number of hydrogen-bond donors (Lipinski definition) is 1. The molecule has 0 aromatic carbocycles. The SMILES string of the molecule is COC1CCCCC(OC)N1. The van der Waals surface area contributed by atoms with Gasteiger partial charge in [0.25, 0.3) is 0 Å². The molecule has 0 amide bonds. The van der Waals surface area contributed by atoms with Crippen molar-refractivity contribution in [3.8, 4) is 0 Å². The summed E-state index contributed by atoms with van der Waals surface area (Å²) in [6, 6.07) is 0. The number of ether oxygens (including phenoxy) is 2. The van der Waals surface area contributed by atoms with Crippen molar-refractivity contribution in [2.75, 3.05) is 14.2 Å². The Bertz CT molecular complexity index is 96.3. The molecular weight excluding hydrogens is 142 g/mol. The Balaban J connectivity index is 2.33. The fourth-order valence-corrected chi connectivity index (χ4v) is 1.41. The van der Waals surface area contributed by atoms with Crippen LogP contribution in [-0.2, 0) is 9.47 Å². The Morgan fingerprint density at radius 1 is 1.00 bits per heavy atom. The minimum Gasteiger partial charge on any atom is -0.367 e. The van der Waals surface area contributed by atoms with Crippen molar-refractivity contribution in [2.24, 2.45) is 0 Å². The maximum Gasteiger partial charge on any atom is 0.109 e. The van der Waals surface area contributed by atoms with Crippen LogP contribution >= 0.6 is 0 Å². The summed E-state index contributed by atoms with van der Waals surface area (Å²) in [7, 11) is 3.46. The van der Waals surface area contributed by atoms with Crippen LogP contribution in [0.25, 0.3) is 0 Å². The van der Waals surface area contributed by atoms with E-state index in [2.05, 4.69) is 5.32 Å². The molecule has 3 nitrogen and oxygen atoms in total. The number of methoxy groups -OCH3 is 2. The average Bonchev–Trinajstić information content (AvgIpc) is 2.28. The zero-order valence-corrected chi connectivity index (χ0v) is 7.30. The van der Waals surface area contributed by atoms with E-state index >= 15 is 0 Å². The topological polar surface area (TPSA) is 30.5 Å². The number of nitrogens with one attached hydrogen (secondary N) is 1. The average molecular weight is 159 g/mol. The van der Waals surface area contributed by atoms with Gasteiger partial charge >= 0.3 is 0 Å². The van der Waals surface area contributed by atoms with Crippen molar-refractivity contribution < 1.29 is 9.47 Å². The summed E-state index contributed by atoms with van der Waals surface area (Å²) >= 11 is 0. The van der Waals surface area contributed by atoms with Gasteiger partial charge in [0, 0.05) is 14.2 Å². The van der Waals surface area contributed by atoms with Gasteiger partial charge < -0.3 is 9.47 Å². The number of rotatable bonds is 2. The fraction of sp³-hybridized carbons (Fsp3) is 1.00. The van der Waals surface area contributed by atoms with E-state index in [9.17, 15) is 0 Å². The van der Waals surface area contributed by atoms with Crippen molar-refractivity contribution in [1.29, 1.82) is 0 Å². The first-order valence-corrected chi connectivity index (χ1v) is 4.18. The molecule has 0 saturated carbocycles. The molecule has 1 heterocycles. The summed E-state index contributed by atoms with van der Waals surface area (Å²) in [6.07, 6.45) is 5.01. The van der Waals surface area contributed by atoms with Crippen LogP contribution in [0.1, 0.15) is 25.7 Å². The van der Waals surface area contributed by atoms with Crippen LogP contribution in [-0.4, -0.2) is 26.7 Å². The van der Waals surface area contributed by atoms with Crippen molar-refractivity contribution in [1.82, 2.24) is 5.32 Å². The lowest BCUT2D eigenvalue weighted by molar-refractivity contribution is -0.00575. The molecule has 0 aromatic rings. The van der Waals surface area contributed by atoms with Gasteiger partial charge in [0.15, 0.2) is 0 Å². The second-order valence-corrected chi connectivity index (χ2v) is 2.90. The Hall–Kier alpha value is -0.120. The molecule has 66 valence electrons. The summed E-state index contributed by atoms with van der Waals surface area (Å²) < 4.78 is 10.4. The zero-order valence-electron chi connectivity index (χ0n) is 7.30. The minimum absolute atomic E-state index is 0.183. The van der Waals surface area contributed by atoms with Gasteiger partial charge in [-0.2, -0.15) is 0 Å². The lowest BCUT2D eigenvalue weighted by Crippen LogP contribution is -2.38. The summed E-state index contributed by atoms with van der Waals surface area (Å²) in [5.74, 6) is 0. The predicted molar refractivity (Wildman–Crippen MR) is 43.2 cm³/mol. The molecule has 3 heteroatoms. The van der Waals surface area contributed by atoms with Crippen molar-refractivity contribution >= 4 is 0 Å². The van der Waals surface area contributed by atoms with Crippen LogP contribution < -0.4 is 5.32 Å². The van der Waals surface area contributed by atoms with Gasteiger partial charge in [-0.1, -0.05) is 0 Å². The van der Waals surface area contributed by atoms with E-state index in [1.54, 1.807) is 14.2 Å². The standard InChI is InChI=1S/C8H17NO2/c1-10-7-5-3-4-6-8(9-7)11-2/h7-9H,3-6H2,1-2H3. The number of hydrogen-bond acceptors (Lipinski definition) is 3. The Morgan fingerprint density at radius 2 is 1.45 bits per heavy atom. The second kappa shape index (κ2) is 4.70. The lowest BCUT2D eigenvalue weighted by Gasteiger charge is -2.19. The van der Waals surface area contributed by atoms with Gasteiger partial charge in [-0.05, 0) is 25.7 Å².